The first-order valence-corrected chi connectivity index (χ1v) is 9.81. The Morgan fingerprint density at radius 3 is 2.71 bits per heavy atom. The smallest absolute Gasteiger partial charge is 0.251 e. The zero-order valence-corrected chi connectivity index (χ0v) is 16.4. The van der Waals surface area contributed by atoms with E-state index in [-0.39, 0.29) is 17.8 Å². The molecule has 2 heterocycles. The van der Waals surface area contributed by atoms with E-state index in [1.54, 1.807) is 6.07 Å². The molecule has 0 aromatic heterocycles. The summed E-state index contributed by atoms with van der Waals surface area (Å²) in [4.78, 5) is 17.3. The zero-order chi connectivity index (χ0) is 19.7. The number of nitrogens with zero attached hydrogens (tertiary/aromatic N) is 2. The van der Waals surface area contributed by atoms with Gasteiger partial charge in [0, 0.05) is 49.4 Å². The molecule has 2 aliphatic rings. The lowest BCUT2D eigenvalue weighted by Crippen LogP contribution is -2.45. The van der Waals surface area contributed by atoms with Crippen LogP contribution in [0, 0.1) is 5.82 Å². The van der Waals surface area contributed by atoms with Crippen LogP contribution in [0.5, 0.6) is 5.75 Å². The number of hydrogen-bond donors (Lipinski definition) is 1. The fourth-order valence-corrected chi connectivity index (χ4v) is 3.89. The van der Waals surface area contributed by atoms with E-state index in [1.807, 2.05) is 25.1 Å². The SMILES string of the molecule is CC(NC(=O)c1ccc2c(c1)CCO2)c1cc(F)ccc1N1CCN(C)CC1. The molecule has 1 unspecified atom stereocenters. The second-order valence-electron chi connectivity index (χ2n) is 7.61. The van der Waals surface area contributed by atoms with Crippen molar-refractivity contribution in [3.8, 4) is 5.75 Å². The number of halogens is 1. The normalized spacial score (nSPS) is 17.8. The Morgan fingerprint density at radius 1 is 1.14 bits per heavy atom. The van der Waals surface area contributed by atoms with Gasteiger partial charge in [-0.3, -0.25) is 4.79 Å². The van der Waals surface area contributed by atoms with Gasteiger partial charge in [0.15, 0.2) is 0 Å². The summed E-state index contributed by atoms with van der Waals surface area (Å²) >= 11 is 0. The summed E-state index contributed by atoms with van der Waals surface area (Å²) in [6.07, 6.45) is 0.823. The molecule has 5 nitrogen and oxygen atoms in total. The average molecular weight is 383 g/mol. The van der Waals surface area contributed by atoms with Crippen molar-refractivity contribution in [3.63, 3.8) is 0 Å². The lowest BCUT2D eigenvalue weighted by Gasteiger charge is -2.36. The minimum atomic E-state index is -0.303. The van der Waals surface area contributed by atoms with Gasteiger partial charge in [0.25, 0.3) is 5.91 Å². The molecule has 0 spiro atoms. The summed E-state index contributed by atoms with van der Waals surface area (Å²) < 4.78 is 19.5. The van der Waals surface area contributed by atoms with E-state index < -0.39 is 0 Å². The maximum absolute atomic E-state index is 14.0. The van der Waals surface area contributed by atoms with Crippen LogP contribution >= 0.6 is 0 Å². The van der Waals surface area contributed by atoms with E-state index in [0.29, 0.717) is 12.2 Å². The van der Waals surface area contributed by atoms with Crippen molar-refractivity contribution < 1.29 is 13.9 Å². The Balaban J connectivity index is 1.53. The molecule has 0 bridgehead atoms. The van der Waals surface area contributed by atoms with Gasteiger partial charge >= 0.3 is 0 Å². The monoisotopic (exact) mass is 383 g/mol. The average Bonchev–Trinajstić information content (AvgIpc) is 3.16. The van der Waals surface area contributed by atoms with Crippen LogP contribution in [0.4, 0.5) is 10.1 Å². The van der Waals surface area contributed by atoms with Crippen molar-refractivity contribution in [3.05, 3.63) is 58.9 Å². The number of likely N-dealkylation sites (N-methyl/N-ethyl adjacent to an activating group) is 1. The molecule has 2 aromatic rings. The summed E-state index contributed by atoms with van der Waals surface area (Å²) in [5, 5.41) is 3.04. The molecule has 4 rings (SSSR count). The number of benzene rings is 2. The van der Waals surface area contributed by atoms with Crippen LogP contribution in [-0.4, -0.2) is 50.6 Å². The van der Waals surface area contributed by atoms with E-state index in [2.05, 4.69) is 22.2 Å². The van der Waals surface area contributed by atoms with Crippen molar-refractivity contribution >= 4 is 11.6 Å². The number of fused-ring (bicyclic) bond motifs is 1. The second kappa shape index (κ2) is 7.80. The third-order valence-corrected chi connectivity index (χ3v) is 5.60. The van der Waals surface area contributed by atoms with E-state index in [9.17, 15) is 9.18 Å². The first-order chi connectivity index (χ1) is 13.5. The van der Waals surface area contributed by atoms with Gasteiger partial charge in [0.05, 0.1) is 12.6 Å². The first kappa shape index (κ1) is 18.7. The van der Waals surface area contributed by atoms with Gasteiger partial charge in [0.2, 0.25) is 0 Å². The molecule has 0 saturated carbocycles. The highest BCUT2D eigenvalue weighted by Crippen LogP contribution is 2.29. The number of rotatable bonds is 4. The van der Waals surface area contributed by atoms with Gasteiger partial charge in [-0.1, -0.05) is 0 Å². The number of amides is 1. The van der Waals surface area contributed by atoms with Gasteiger partial charge in [-0.25, -0.2) is 4.39 Å². The van der Waals surface area contributed by atoms with Crippen LogP contribution in [-0.2, 0) is 6.42 Å². The lowest BCUT2D eigenvalue weighted by atomic mass is 10.0. The molecule has 1 saturated heterocycles. The van der Waals surface area contributed by atoms with Gasteiger partial charge in [0.1, 0.15) is 11.6 Å². The van der Waals surface area contributed by atoms with Crippen LogP contribution in [0.1, 0.15) is 34.5 Å². The largest absolute Gasteiger partial charge is 0.493 e. The minimum absolute atomic E-state index is 0.157. The minimum Gasteiger partial charge on any atom is -0.493 e. The molecule has 28 heavy (non-hydrogen) atoms. The highest BCUT2D eigenvalue weighted by Gasteiger charge is 2.22. The lowest BCUT2D eigenvalue weighted by molar-refractivity contribution is 0.0940. The van der Waals surface area contributed by atoms with Crippen LogP contribution in [0.25, 0.3) is 0 Å². The quantitative estimate of drug-likeness (QED) is 0.882. The molecule has 148 valence electrons. The maximum atomic E-state index is 14.0. The first-order valence-electron chi connectivity index (χ1n) is 9.81. The topological polar surface area (TPSA) is 44.8 Å². The van der Waals surface area contributed by atoms with Crippen LogP contribution in [0.2, 0.25) is 0 Å². The van der Waals surface area contributed by atoms with Gasteiger partial charge < -0.3 is 19.9 Å². The standard InChI is InChI=1S/C22H26FN3O2/c1-15(24-22(27)17-3-6-21-16(13-17)7-12-28-21)19-14-18(23)4-5-20(19)26-10-8-25(2)9-11-26/h3-6,13-15H,7-12H2,1-2H3,(H,24,27). The molecule has 0 radical (unpaired) electrons. The highest BCUT2D eigenvalue weighted by molar-refractivity contribution is 5.95. The zero-order valence-electron chi connectivity index (χ0n) is 16.4. The summed E-state index contributed by atoms with van der Waals surface area (Å²) in [6.45, 7) is 6.28. The molecular formula is C22H26FN3O2. The predicted octanol–water partition coefficient (Wildman–Crippen LogP) is 3.00. The van der Waals surface area contributed by atoms with E-state index in [4.69, 9.17) is 4.74 Å². The maximum Gasteiger partial charge on any atom is 0.251 e. The number of anilines is 1. The predicted molar refractivity (Wildman–Crippen MR) is 108 cm³/mol. The van der Waals surface area contributed by atoms with Gasteiger partial charge in [-0.15, -0.1) is 0 Å². The number of nitrogens with one attached hydrogen (secondary N) is 1. The van der Waals surface area contributed by atoms with E-state index in [0.717, 1.165) is 55.2 Å². The van der Waals surface area contributed by atoms with Crippen LogP contribution in [0.15, 0.2) is 36.4 Å². The van der Waals surface area contributed by atoms with Crippen LogP contribution < -0.4 is 15.0 Å². The summed E-state index contributed by atoms with van der Waals surface area (Å²) in [5.74, 6) is 0.409. The number of piperazine rings is 1. The Labute approximate surface area is 165 Å². The molecule has 2 aliphatic heterocycles. The molecule has 1 fully saturated rings. The number of carbonyl (C=O) groups is 1. The van der Waals surface area contributed by atoms with E-state index in [1.165, 1.54) is 12.1 Å². The second-order valence-corrected chi connectivity index (χ2v) is 7.61. The van der Waals surface area contributed by atoms with E-state index >= 15 is 0 Å². The Morgan fingerprint density at radius 2 is 1.93 bits per heavy atom. The Bertz CT molecular complexity index is 878. The molecule has 6 heteroatoms. The molecule has 2 aromatic carbocycles. The van der Waals surface area contributed by atoms with Crippen molar-refractivity contribution in [2.24, 2.45) is 0 Å². The molecule has 1 N–H and O–H groups in total. The number of hydrogen-bond acceptors (Lipinski definition) is 4. The molecular weight excluding hydrogens is 357 g/mol. The van der Waals surface area contributed by atoms with Crippen molar-refractivity contribution in [2.45, 2.75) is 19.4 Å². The summed E-state index contributed by atoms with van der Waals surface area (Å²) in [6, 6.07) is 10.1. The van der Waals surface area contributed by atoms with Crippen LogP contribution in [0.3, 0.4) is 0 Å². The molecule has 0 aliphatic carbocycles. The molecule has 1 amide bonds. The van der Waals surface area contributed by atoms with Crippen molar-refractivity contribution in [2.75, 3.05) is 44.7 Å². The molecule has 1 atom stereocenters. The fraction of sp³-hybridized carbons (Fsp3) is 0.409. The highest BCUT2D eigenvalue weighted by atomic mass is 19.1. The summed E-state index contributed by atoms with van der Waals surface area (Å²) in [5.41, 5.74) is 3.46. The fourth-order valence-electron chi connectivity index (χ4n) is 3.89. The van der Waals surface area contributed by atoms with Gasteiger partial charge in [-0.2, -0.15) is 0 Å². The number of carbonyl (C=O) groups excluding carboxylic acids is 1. The summed E-state index contributed by atoms with van der Waals surface area (Å²) in [7, 11) is 2.10. The number of ether oxygens (including phenoxy) is 1. The van der Waals surface area contributed by atoms with Gasteiger partial charge in [-0.05, 0) is 55.9 Å². The third kappa shape index (κ3) is 3.83. The van der Waals surface area contributed by atoms with Crippen molar-refractivity contribution in [1.82, 2.24) is 10.2 Å². The Hall–Kier alpha value is -2.60. The third-order valence-electron chi connectivity index (χ3n) is 5.60. The van der Waals surface area contributed by atoms with Crippen molar-refractivity contribution in [1.29, 1.82) is 0 Å². The Kier molecular flexibility index (Phi) is 5.22.